The Morgan fingerprint density at radius 3 is 2.32 bits per heavy atom. The Bertz CT molecular complexity index is 353. The fraction of sp³-hybridized carbons (Fsp3) is 0.625. The van der Waals surface area contributed by atoms with Crippen LogP contribution in [0.15, 0.2) is 23.8 Å². The molecule has 0 saturated heterocycles. The van der Waals surface area contributed by atoms with Crippen LogP contribution in [-0.4, -0.2) is 18.4 Å². The molecule has 0 aliphatic rings. The van der Waals surface area contributed by atoms with E-state index in [1.54, 1.807) is 6.92 Å². The number of ketones is 1. The van der Waals surface area contributed by atoms with Gasteiger partial charge in [-0.25, -0.2) is 0 Å². The number of esters is 1. The summed E-state index contributed by atoms with van der Waals surface area (Å²) in [4.78, 5) is 23.1. The monoisotopic (exact) mass is 266 g/mol. The average molecular weight is 266 g/mol. The van der Waals surface area contributed by atoms with E-state index < -0.39 is 11.9 Å². The van der Waals surface area contributed by atoms with Gasteiger partial charge in [0.1, 0.15) is 11.7 Å². The third-order valence-electron chi connectivity index (χ3n) is 2.94. The number of hydrogen-bond donors (Lipinski definition) is 0. The van der Waals surface area contributed by atoms with E-state index in [-0.39, 0.29) is 5.78 Å². The number of Topliss-reactive ketones (excluding diaryl/α,β-unsaturated/α-hetero) is 1. The Labute approximate surface area is 116 Å². The molecule has 1 unspecified atom stereocenters. The number of carbonyl (C=O) groups is 2. The average Bonchev–Trinajstić information content (AvgIpc) is 2.28. The van der Waals surface area contributed by atoms with Gasteiger partial charge >= 0.3 is 5.97 Å². The molecule has 0 aliphatic carbocycles. The van der Waals surface area contributed by atoms with Gasteiger partial charge in [0.05, 0.1) is 6.61 Å². The summed E-state index contributed by atoms with van der Waals surface area (Å²) in [5.41, 5.74) is 2.39. The van der Waals surface area contributed by atoms with Crippen molar-refractivity contribution in [3.8, 4) is 0 Å². The van der Waals surface area contributed by atoms with Gasteiger partial charge in [-0.3, -0.25) is 9.59 Å². The predicted octanol–water partition coefficient (Wildman–Crippen LogP) is 3.84. The van der Waals surface area contributed by atoms with Gasteiger partial charge in [-0.15, -0.1) is 6.58 Å². The maximum Gasteiger partial charge on any atom is 0.316 e. The standard InChI is InChI=1S/C16H26O3/c1-6-19-16(18)15(14(5)17)11-10-13(4)9-7-8-12(2)3/h10,15H,2,6-9,11H2,1,3-5H3/b13-10+. The van der Waals surface area contributed by atoms with Crippen LogP contribution in [-0.2, 0) is 14.3 Å². The molecule has 108 valence electrons. The number of hydrogen-bond acceptors (Lipinski definition) is 3. The zero-order valence-electron chi connectivity index (χ0n) is 12.6. The zero-order valence-corrected chi connectivity index (χ0v) is 12.6. The molecule has 0 N–H and O–H groups in total. The summed E-state index contributed by atoms with van der Waals surface area (Å²) in [6, 6.07) is 0. The van der Waals surface area contributed by atoms with Crippen LogP contribution in [0.25, 0.3) is 0 Å². The maximum absolute atomic E-state index is 11.6. The van der Waals surface area contributed by atoms with E-state index in [0.29, 0.717) is 13.0 Å². The van der Waals surface area contributed by atoms with Gasteiger partial charge < -0.3 is 4.74 Å². The van der Waals surface area contributed by atoms with Crippen LogP contribution in [0.5, 0.6) is 0 Å². The van der Waals surface area contributed by atoms with Crippen LogP contribution in [0, 0.1) is 5.92 Å². The predicted molar refractivity (Wildman–Crippen MR) is 77.8 cm³/mol. The first-order valence-electron chi connectivity index (χ1n) is 6.85. The van der Waals surface area contributed by atoms with Crippen LogP contribution < -0.4 is 0 Å². The molecule has 0 aromatic heterocycles. The van der Waals surface area contributed by atoms with Gasteiger partial charge in [-0.2, -0.15) is 0 Å². The first-order valence-corrected chi connectivity index (χ1v) is 6.85. The molecule has 0 radical (unpaired) electrons. The van der Waals surface area contributed by atoms with Crippen LogP contribution in [0.2, 0.25) is 0 Å². The SMILES string of the molecule is C=C(C)CCC/C(C)=C/CC(C(C)=O)C(=O)OCC. The van der Waals surface area contributed by atoms with Gasteiger partial charge in [0.2, 0.25) is 0 Å². The molecule has 0 aliphatic heterocycles. The van der Waals surface area contributed by atoms with E-state index in [2.05, 4.69) is 6.58 Å². The highest BCUT2D eigenvalue weighted by molar-refractivity contribution is 5.97. The van der Waals surface area contributed by atoms with Crippen molar-refractivity contribution in [3.05, 3.63) is 23.8 Å². The third kappa shape index (κ3) is 8.36. The Hall–Kier alpha value is -1.38. The van der Waals surface area contributed by atoms with Crippen molar-refractivity contribution in [2.45, 2.75) is 53.4 Å². The second-order valence-corrected chi connectivity index (χ2v) is 5.01. The summed E-state index contributed by atoms with van der Waals surface area (Å²) in [5, 5.41) is 0. The highest BCUT2D eigenvalue weighted by Gasteiger charge is 2.23. The van der Waals surface area contributed by atoms with Gasteiger partial charge in [-0.05, 0) is 53.4 Å². The fourth-order valence-corrected chi connectivity index (χ4v) is 1.76. The summed E-state index contributed by atoms with van der Waals surface area (Å²) in [5.74, 6) is -1.21. The molecule has 0 spiro atoms. The molecule has 0 rings (SSSR count). The van der Waals surface area contributed by atoms with Crippen molar-refractivity contribution in [1.29, 1.82) is 0 Å². The maximum atomic E-state index is 11.6. The third-order valence-corrected chi connectivity index (χ3v) is 2.94. The smallest absolute Gasteiger partial charge is 0.316 e. The zero-order chi connectivity index (χ0) is 14.8. The summed E-state index contributed by atoms with van der Waals surface area (Å²) < 4.78 is 4.91. The second-order valence-electron chi connectivity index (χ2n) is 5.01. The highest BCUT2D eigenvalue weighted by Crippen LogP contribution is 2.15. The molecule has 0 amide bonds. The number of rotatable bonds is 9. The molecule has 3 nitrogen and oxygen atoms in total. The summed E-state index contributed by atoms with van der Waals surface area (Å²) >= 11 is 0. The number of carbonyl (C=O) groups excluding carboxylic acids is 2. The lowest BCUT2D eigenvalue weighted by Gasteiger charge is -2.11. The van der Waals surface area contributed by atoms with Gasteiger partial charge in [0, 0.05) is 0 Å². The first-order chi connectivity index (χ1) is 8.88. The minimum Gasteiger partial charge on any atom is -0.465 e. The van der Waals surface area contributed by atoms with Crippen molar-refractivity contribution < 1.29 is 14.3 Å². The van der Waals surface area contributed by atoms with Crippen molar-refractivity contribution in [2.24, 2.45) is 5.92 Å². The number of ether oxygens (including phenoxy) is 1. The van der Waals surface area contributed by atoms with E-state index in [9.17, 15) is 9.59 Å². The molecular formula is C16H26O3. The minimum absolute atomic E-state index is 0.135. The summed E-state index contributed by atoms with van der Waals surface area (Å²) in [6.45, 7) is 11.4. The topological polar surface area (TPSA) is 43.4 Å². The lowest BCUT2D eigenvalue weighted by Crippen LogP contribution is -2.23. The van der Waals surface area contributed by atoms with E-state index in [1.165, 1.54) is 18.1 Å². The lowest BCUT2D eigenvalue weighted by molar-refractivity contribution is -0.150. The molecule has 0 aromatic rings. The van der Waals surface area contributed by atoms with Crippen molar-refractivity contribution in [2.75, 3.05) is 6.61 Å². The quantitative estimate of drug-likeness (QED) is 0.362. The first kappa shape index (κ1) is 17.6. The molecule has 0 heterocycles. The highest BCUT2D eigenvalue weighted by atomic mass is 16.5. The lowest BCUT2D eigenvalue weighted by atomic mass is 9.98. The van der Waals surface area contributed by atoms with E-state index >= 15 is 0 Å². The van der Waals surface area contributed by atoms with Crippen LogP contribution in [0.4, 0.5) is 0 Å². The second kappa shape index (κ2) is 9.54. The van der Waals surface area contributed by atoms with E-state index in [0.717, 1.165) is 19.3 Å². The minimum atomic E-state index is -0.656. The van der Waals surface area contributed by atoms with Gasteiger partial charge in [-0.1, -0.05) is 17.2 Å². The molecule has 0 fully saturated rings. The van der Waals surface area contributed by atoms with Crippen LogP contribution in [0.1, 0.15) is 53.4 Å². The van der Waals surface area contributed by atoms with E-state index in [1.807, 2.05) is 19.9 Å². The van der Waals surface area contributed by atoms with Crippen molar-refractivity contribution in [1.82, 2.24) is 0 Å². The Kier molecular flexibility index (Phi) is 8.84. The van der Waals surface area contributed by atoms with Crippen LogP contribution >= 0.6 is 0 Å². The largest absolute Gasteiger partial charge is 0.465 e. The molecule has 0 saturated carbocycles. The van der Waals surface area contributed by atoms with Crippen molar-refractivity contribution in [3.63, 3.8) is 0 Å². The molecule has 0 aromatic carbocycles. The van der Waals surface area contributed by atoms with Crippen LogP contribution in [0.3, 0.4) is 0 Å². The normalized spacial score (nSPS) is 12.9. The Balaban J connectivity index is 4.32. The Morgan fingerprint density at radius 1 is 1.21 bits per heavy atom. The molecule has 19 heavy (non-hydrogen) atoms. The molecule has 1 atom stereocenters. The van der Waals surface area contributed by atoms with Gasteiger partial charge in [0.25, 0.3) is 0 Å². The van der Waals surface area contributed by atoms with Crippen molar-refractivity contribution >= 4 is 11.8 Å². The molecule has 3 heteroatoms. The fourth-order valence-electron chi connectivity index (χ4n) is 1.76. The molecule has 0 bridgehead atoms. The molecular weight excluding hydrogens is 240 g/mol. The van der Waals surface area contributed by atoms with E-state index in [4.69, 9.17) is 4.74 Å². The Morgan fingerprint density at radius 2 is 1.84 bits per heavy atom. The summed E-state index contributed by atoms with van der Waals surface area (Å²) in [7, 11) is 0. The summed E-state index contributed by atoms with van der Waals surface area (Å²) in [6.07, 6.45) is 5.45. The van der Waals surface area contributed by atoms with Gasteiger partial charge in [0.15, 0.2) is 0 Å². The number of allylic oxidation sites excluding steroid dienone is 3.